The first-order chi connectivity index (χ1) is 8.69. The molecule has 0 saturated carbocycles. The zero-order valence-electron chi connectivity index (χ0n) is 10.6. The van der Waals surface area contributed by atoms with Crippen molar-refractivity contribution in [3.63, 3.8) is 0 Å². The fourth-order valence-corrected chi connectivity index (χ4v) is 3.17. The van der Waals surface area contributed by atoms with Crippen LogP contribution in [-0.4, -0.2) is 41.8 Å². The maximum atomic E-state index is 10.8. The fourth-order valence-electron chi connectivity index (χ4n) is 2.18. The lowest BCUT2D eigenvalue weighted by atomic mass is 10.1. The quantitative estimate of drug-likeness (QED) is 0.888. The van der Waals surface area contributed by atoms with Gasteiger partial charge in [0.25, 0.3) is 0 Å². The molecular weight excluding hydrogens is 250 g/mol. The molecule has 5 heteroatoms. The number of rotatable bonds is 5. The molecule has 0 spiro atoms. The SMILES string of the molecule is CCc1ccc(CN2CCOCC2CC(=O)O)s1. The van der Waals surface area contributed by atoms with E-state index in [4.69, 9.17) is 9.84 Å². The number of aliphatic carboxylic acids is 1. The molecule has 1 saturated heterocycles. The van der Waals surface area contributed by atoms with Crippen molar-refractivity contribution in [2.24, 2.45) is 0 Å². The largest absolute Gasteiger partial charge is 0.481 e. The highest BCUT2D eigenvalue weighted by molar-refractivity contribution is 7.11. The van der Waals surface area contributed by atoms with Crippen molar-refractivity contribution < 1.29 is 14.6 Å². The zero-order chi connectivity index (χ0) is 13.0. The maximum Gasteiger partial charge on any atom is 0.305 e. The van der Waals surface area contributed by atoms with E-state index in [2.05, 4.69) is 24.0 Å². The Hall–Kier alpha value is -0.910. The molecule has 18 heavy (non-hydrogen) atoms. The van der Waals surface area contributed by atoms with Crippen molar-refractivity contribution in [1.29, 1.82) is 0 Å². The van der Waals surface area contributed by atoms with Gasteiger partial charge in [-0.3, -0.25) is 9.69 Å². The summed E-state index contributed by atoms with van der Waals surface area (Å²) in [5, 5.41) is 8.91. The molecule has 1 aliphatic heterocycles. The van der Waals surface area contributed by atoms with Crippen LogP contribution in [0.4, 0.5) is 0 Å². The second-order valence-corrected chi connectivity index (χ2v) is 5.77. The van der Waals surface area contributed by atoms with Crippen LogP contribution in [0.1, 0.15) is 23.1 Å². The van der Waals surface area contributed by atoms with Gasteiger partial charge in [0.2, 0.25) is 0 Å². The van der Waals surface area contributed by atoms with E-state index in [0.29, 0.717) is 13.2 Å². The van der Waals surface area contributed by atoms with Gasteiger partial charge in [0.05, 0.1) is 19.6 Å². The van der Waals surface area contributed by atoms with Crippen LogP contribution in [0.5, 0.6) is 0 Å². The number of morpholine rings is 1. The minimum atomic E-state index is -0.754. The highest BCUT2D eigenvalue weighted by Crippen LogP contribution is 2.21. The number of ether oxygens (including phenoxy) is 1. The zero-order valence-corrected chi connectivity index (χ0v) is 11.4. The van der Waals surface area contributed by atoms with Gasteiger partial charge in [-0.25, -0.2) is 0 Å². The molecule has 100 valence electrons. The number of hydrogen-bond donors (Lipinski definition) is 1. The Balaban J connectivity index is 1.98. The third kappa shape index (κ3) is 3.54. The lowest BCUT2D eigenvalue weighted by molar-refractivity contribution is -0.140. The first kappa shape index (κ1) is 13.5. The minimum absolute atomic E-state index is 0.00317. The van der Waals surface area contributed by atoms with E-state index in [0.717, 1.165) is 19.5 Å². The Bertz CT molecular complexity index is 405. The molecule has 4 nitrogen and oxygen atoms in total. The van der Waals surface area contributed by atoms with E-state index < -0.39 is 5.97 Å². The number of carboxylic acids is 1. The molecular formula is C13H19NO3S. The van der Waals surface area contributed by atoms with Gasteiger partial charge in [-0.05, 0) is 18.6 Å². The number of aryl methyl sites for hydroxylation is 1. The van der Waals surface area contributed by atoms with E-state index >= 15 is 0 Å². The van der Waals surface area contributed by atoms with Crippen molar-refractivity contribution in [3.8, 4) is 0 Å². The summed E-state index contributed by atoms with van der Waals surface area (Å²) in [6, 6.07) is 4.31. The number of thiophene rings is 1. The molecule has 0 aliphatic carbocycles. The predicted molar refractivity (Wildman–Crippen MR) is 71.0 cm³/mol. The Morgan fingerprint density at radius 3 is 3.00 bits per heavy atom. The van der Waals surface area contributed by atoms with E-state index in [9.17, 15) is 4.79 Å². The summed E-state index contributed by atoms with van der Waals surface area (Å²) in [6.07, 6.45) is 1.22. The first-order valence-electron chi connectivity index (χ1n) is 6.30. The van der Waals surface area contributed by atoms with Gasteiger partial charge >= 0.3 is 5.97 Å². The monoisotopic (exact) mass is 269 g/mol. The summed E-state index contributed by atoms with van der Waals surface area (Å²) in [5.74, 6) is -0.754. The lowest BCUT2D eigenvalue weighted by Gasteiger charge is -2.34. The molecule has 1 unspecified atom stereocenters. The van der Waals surface area contributed by atoms with Crippen molar-refractivity contribution in [1.82, 2.24) is 4.90 Å². The Kier molecular flexibility index (Phi) is 4.74. The highest BCUT2D eigenvalue weighted by Gasteiger charge is 2.25. The number of hydrogen-bond acceptors (Lipinski definition) is 4. The van der Waals surface area contributed by atoms with Crippen LogP contribution < -0.4 is 0 Å². The topological polar surface area (TPSA) is 49.8 Å². The van der Waals surface area contributed by atoms with Crippen LogP contribution in [0.3, 0.4) is 0 Å². The molecule has 2 rings (SSSR count). The summed E-state index contributed by atoms with van der Waals surface area (Å²) in [5.41, 5.74) is 0. The summed E-state index contributed by atoms with van der Waals surface area (Å²) in [7, 11) is 0. The van der Waals surface area contributed by atoms with Gasteiger partial charge in [0.15, 0.2) is 0 Å². The molecule has 0 aromatic carbocycles. The molecule has 0 bridgehead atoms. The van der Waals surface area contributed by atoms with Gasteiger partial charge in [-0.1, -0.05) is 6.92 Å². The number of carbonyl (C=O) groups is 1. The summed E-state index contributed by atoms with van der Waals surface area (Å²) in [4.78, 5) is 15.8. The first-order valence-corrected chi connectivity index (χ1v) is 7.12. The van der Waals surface area contributed by atoms with E-state index in [1.54, 1.807) is 0 Å². The van der Waals surface area contributed by atoms with Gasteiger partial charge in [0.1, 0.15) is 0 Å². The smallest absolute Gasteiger partial charge is 0.305 e. The standard InChI is InChI=1S/C13H19NO3S/c1-2-11-3-4-12(18-11)8-14-5-6-17-9-10(14)7-13(15)16/h3-4,10H,2,5-9H2,1H3,(H,15,16). The van der Waals surface area contributed by atoms with Gasteiger partial charge in [-0.2, -0.15) is 0 Å². The second kappa shape index (κ2) is 6.31. The molecule has 1 fully saturated rings. The Labute approximate surface area is 111 Å². The third-order valence-corrected chi connectivity index (χ3v) is 4.40. The number of nitrogens with zero attached hydrogens (tertiary/aromatic N) is 1. The maximum absolute atomic E-state index is 10.8. The van der Waals surface area contributed by atoms with Crippen molar-refractivity contribution in [2.45, 2.75) is 32.4 Å². The molecule has 1 N–H and O–H groups in total. The van der Waals surface area contributed by atoms with Crippen LogP contribution in [-0.2, 0) is 22.5 Å². The lowest BCUT2D eigenvalue weighted by Crippen LogP contribution is -2.45. The summed E-state index contributed by atoms with van der Waals surface area (Å²) < 4.78 is 5.38. The van der Waals surface area contributed by atoms with Gasteiger partial charge in [-0.15, -0.1) is 11.3 Å². The van der Waals surface area contributed by atoms with Crippen LogP contribution in [0.25, 0.3) is 0 Å². The van der Waals surface area contributed by atoms with Crippen LogP contribution in [0.15, 0.2) is 12.1 Å². The Morgan fingerprint density at radius 2 is 2.33 bits per heavy atom. The van der Waals surface area contributed by atoms with Crippen LogP contribution >= 0.6 is 11.3 Å². The molecule has 1 atom stereocenters. The molecule has 2 heterocycles. The third-order valence-electron chi connectivity index (χ3n) is 3.18. The molecule has 0 radical (unpaired) electrons. The normalized spacial score (nSPS) is 21.1. The summed E-state index contributed by atoms with van der Waals surface area (Å²) in [6.45, 7) is 5.03. The van der Waals surface area contributed by atoms with E-state index in [-0.39, 0.29) is 12.5 Å². The van der Waals surface area contributed by atoms with Crippen LogP contribution in [0, 0.1) is 0 Å². The molecule has 1 aromatic rings. The molecule has 1 aliphatic rings. The predicted octanol–water partition coefficient (Wildman–Crippen LogP) is 1.99. The highest BCUT2D eigenvalue weighted by atomic mass is 32.1. The average molecular weight is 269 g/mol. The van der Waals surface area contributed by atoms with Gasteiger partial charge < -0.3 is 9.84 Å². The second-order valence-electron chi connectivity index (χ2n) is 4.52. The molecule has 0 amide bonds. The Morgan fingerprint density at radius 1 is 1.56 bits per heavy atom. The van der Waals surface area contributed by atoms with E-state index in [1.165, 1.54) is 9.75 Å². The van der Waals surface area contributed by atoms with E-state index in [1.807, 2.05) is 11.3 Å². The van der Waals surface area contributed by atoms with Crippen molar-refractivity contribution in [2.75, 3.05) is 19.8 Å². The van der Waals surface area contributed by atoms with Crippen molar-refractivity contribution in [3.05, 3.63) is 21.9 Å². The number of carboxylic acid groups (broad SMARTS) is 1. The fraction of sp³-hybridized carbons (Fsp3) is 0.615. The van der Waals surface area contributed by atoms with Crippen LogP contribution in [0.2, 0.25) is 0 Å². The minimum Gasteiger partial charge on any atom is -0.481 e. The van der Waals surface area contributed by atoms with Gasteiger partial charge in [0, 0.05) is 28.9 Å². The summed E-state index contributed by atoms with van der Waals surface area (Å²) >= 11 is 1.82. The average Bonchev–Trinajstić information content (AvgIpc) is 2.79. The van der Waals surface area contributed by atoms with Crippen molar-refractivity contribution >= 4 is 17.3 Å². The molecule has 1 aromatic heterocycles.